The normalized spacial score (nSPS) is 14.0. The lowest BCUT2D eigenvalue weighted by atomic mass is 10.00. The summed E-state index contributed by atoms with van der Waals surface area (Å²) in [5.74, 6) is 0.0542. The van der Waals surface area contributed by atoms with E-state index < -0.39 is 5.97 Å². The van der Waals surface area contributed by atoms with Gasteiger partial charge in [-0.25, -0.2) is 4.79 Å². The van der Waals surface area contributed by atoms with E-state index in [0.29, 0.717) is 18.1 Å². The van der Waals surface area contributed by atoms with Gasteiger partial charge >= 0.3 is 5.97 Å². The van der Waals surface area contributed by atoms with Crippen LogP contribution in [0.3, 0.4) is 0 Å². The summed E-state index contributed by atoms with van der Waals surface area (Å²) < 4.78 is 11.0. The van der Waals surface area contributed by atoms with Gasteiger partial charge < -0.3 is 14.6 Å². The molecule has 5 nitrogen and oxygen atoms in total. The number of aromatic carboxylic acids is 1. The number of methoxy groups -OCH3 is 1. The van der Waals surface area contributed by atoms with Crippen molar-refractivity contribution in [3.8, 4) is 11.5 Å². The number of carboxylic acids is 1. The Morgan fingerprint density at radius 3 is 2.72 bits per heavy atom. The summed E-state index contributed by atoms with van der Waals surface area (Å²) in [6, 6.07) is 13.3. The maximum atomic E-state index is 11.0. The highest BCUT2D eigenvalue weighted by Crippen LogP contribution is 2.28. The highest BCUT2D eigenvalue weighted by Gasteiger charge is 2.15. The minimum atomic E-state index is -0.977. The average Bonchev–Trinajstić information content (AvgIpc) is 2.65. The molecule has 0 aliphatic carbocycles. The molecular formula is C20H23NO4. The Bertz CT molecular complexity index is 744. The highest BCUT2D eigenvalue weighted by molar-refractivity contribution is 5.88. The Labute approximate surface area is 147 Å². The van der Waals surface area contributed by atoms with Crippen LogP contribution in [0, 0.1) is 0 Å². The summed E-state index contributed by atoms with van der Waals surface area (Å²) in [5, 5.41) is 9.02. The predicted octanol–water partition coefficient (Wildman–Crippen LogP) is 3.22. The zero-order chi connectivity index (χ0) is 17.6. The maximum Gasteiger partial charge on any atom is 0.335 e. The van der Waals surface area contributed by atoms with Crippen molar-refractivity contribution in [1.29, 1.82) is 0 Å². The van der Waals surface area contributed by atoms with Crippen LogP contribution in [-0.2, 0) is 13.0 Å². The molecule has 0 atom stereocenters. The number of rotatable bonds is 7. The smallest absolute Gasteiger partial charge is 0.335 e. The molecule has 1 aliphatic rings. The van der Waals surface area contributed by atoms with E-state index in [2.05, 4.69) is 29.2 Å². The Hall–Kier alpha value is -2.53. The van der Waals surface area contributed by atoms with Gasteiger partial charge in [-0.05, 0) is 42.2 Å². The van der Waals surface area contributed by atoms with Crippen molar-refractivity contribution < 1.29 is 19.4 Å². The van der Waals surface area contributed by atoms with Gasteiger partial charge in [0.1, 0.15) is 0 Å². The van der Waals surface area contributed by atoms with Crippen molar-refractivity contribution in [1.82, 2.24) is 4.90 Å². The van der Waals surface area contributed by atoms with Crippen LogP contribution >= 0.6 is 0 Å². The van der Waals surface area contributed by atoms with E-state index in [-0.39, 0.29) is 5.56 Å². The minimum absolute atomic E-state index is 0.191. The van der Waals surface area contributed by atoms with Gasteiger partial charge in [0.25, 0.3) is 0 Å². The first-order valence-electron chi connectivity index (χ1n) is 8.50. The second kappa shape index (κ2) is 8.03. The number of hydrogen-bond acceptors (Lipinski definition) is 4. The fraction of sp³-hybridized carbons (Fsp3) is 0.350. The number of benzene rings is 2. The maximum absolute atomic E-state index is 11.0. The SMILES string of the molecule is COc1cc(C(=O)O)ccc1OCCCN1CCc2ccccc2C1. The van der Waals surface area contributed by atoms with Gasteiger partial charge in [0.05, 0.1) is 19.3 Å². The third kappa shape index (κ3) is 4.31. The molecule has 25 heavy (non-hydrogen) atoms. The molecule has 0 amide bonds. The Kier molecular flexibility index (Phi) is 5.56. The fourth-order valence-electron chi connectivity index (χ4n) is 3.14. The molecule has 1 N–H and O–H groups in total. The summed E-state index contributed by atoms with van der Waals surface area (Å²) in [4.78, 5) is 13.4. The summed E-state index contributed by atoms with van der Waals surface area (Å²) in [5.41, 5.74) is 3.06. The van der Waals surface area contributed by atoms with Crippen LogP contribution in [0.2, 0.25) is 0 Å². The number of ether oxygens (including phenoxy) is 2. The van der Waals surface area contributed by atoms with Crippen LogP contribution in [0.5, 0.6) is 11.5 Å². The molecule has 0 bridgehead atoms. The van der Waals surface area contributed by atoms with E-state index in [1.54, 1.807) is 6.07 Å². The molecule has 132 valence electrons. The molecule has 0 fully saturated rings. The lowest BCUT2D eigenvalue weighted by Gasteiger charge is -2.28. The zero-order valence-electron chi connectivity index (χ0n) is 14.4. The van der Waals surface area contributed by atoms with Gasteiger partial charge in [-0.3, -0.25) is 4.90 Å². The number of carboxylic acid groups (broad SMARTS) is 1. The van der Waals surface area contributed by atoms with Crippen molar-refractivity contribution in [3.05, 3.63) is 59.2 Å². The number of carbonyl (C=O) groups is 1. The van der Waals surface area contributed by atoms with Crippen molar-refractivity contribution in [2.45, 2.75) is 19.4 Å². The van der Waals surface area contributed by atoms with Crippen molar-refractivity contribution in [2.75, 3.05) is 26.8 Å². The van der Waals surface area contributed by atoms with Crippen LogP contribution in [0.15, 0.2) is 42.5 Å². The number of fused-ring (bicyclic) bond motifs is 1. The van der Waals surface area contributed by atoms with E-state index >= 15 is 0 Å². The van der Waals surface area contributed by atoms with Gasteiger partial charge in [0, 0.05) is 19.6 Å². The third-order valence-electron chi connectivity index (χ3n) is 4.50. The van der Waals surface area contributed by atoms with E-state index in [9.17, 15) is 4.79 Å². The first-order chi connectivity index (χ1) is 12.2. The van der Waals surface area contributed by atoms with Crippen LogP contribution in [0.1, 0.15) is 27.9 Å². The van der Waals surface area contributed by atoms with Gasteiger partial charge in [-0.15, -0.1) is 0 Å². The molecule has 2 aromatic rings. The predicted molar refractivity (Wildman–Crippen MR) is 95.5 cm³/mol. The van der Waals surface area contributed by atoms with Crippen LogP contribution in [-0.4, -0.2) is 42.8 Å². The second-order valence-electron chi connectivity index (χ2n) is 6.17. The monoisotopic (exact) mass is 341 g/mol. The highest BCUT2D eigenvalue weighted by atomic mass is 16.5. The molecule has 0 saturated carbocycles. The van der Waals surface area contributed by atoms with Gasteiger partial charge in [-0.2, -0.15) is 0 Å². The van der Waals surface area contributed by atoms with Gasteiger partial charge in [-0.1, -0.05) is 24.3 Å². The second-order valence-corrected chi connectivity index (χ2v) is 6.17. The van der Waals surface area contributed by atoms with Crippen LogP contribution in [0.4, 0.5) is 0 Å². The quantitative estimate of drug-likeness (QED) is 0.784. The van der Waals surface area contributed by atoms with Crippen molar-refractivity contribution in [2.24, 2.45) is 0 Å². The van der Waals surface area contributed by atoms with E-state index in [0.717, 1.165) is 32.5 Å². The lowest BCUT2D eigenvalue weighted by Crippen LogP contribution is -2.31. The van der Waals surface area contributed by atoms with E-state index in [1.165, 1.54) is 30.4 Å². The van der Waals surface area contributed by atoms with Crippen molar-refractivity contribution >= 4 is 5.97 Å². The Morgan fingerprint density at radius 2 is 1.96 bits per heavy atom. The largest absolute Gasteiger partial charge is 0.493 e. The van der Waals surface area contributed by atoms with Crippen LogP contribution in [0.25, 0.3) is 0 Å². The molecule has 2 aromatic carbocycles. The standard InChI is InChI=1S/C20H23NO4/c1-24-19-13-16(20(22)23)7-8-18(19)25-12-4-10-21-11-9-15-5-2-3-6-17(15)14-21/h2-3,5-8,13H,4,9-12,14H2,1H3,(H,22,23). The number of nitrogens with zero attached hydrogens (tertiary/aromatic N) is 1. The first kappa shape index (κ1) is 17.3. The van der Waals surface area contributed by atoms with Gasteiger partial charge in [0.2, 0.25) is 0 Å². The topological polar surface area (TPSA) is 59.0 Å². The van der Waals surface area contributed by atoms with E-state index in [4.69, 9.17) is 14.6 Å². The van der Waals surface area contributed by atoms with Gasteiger partial charge in [0.15, 0.2) is 11.5 Å². The fourth-order valence-corrected chi connectivity index (χ4v) is 3.14. The molecule has 3 rings (SSSR count). The van der Waals surface area contributed by atoms with Crippen molar-refractivity contribution in [3.63, 3.8) is 0 Å². The Balaban J connectivity index is 1.48. The first-order valence-corrected chi connectivity index (χ1v) is 8.50. The summed E-state index contributed by atoms with van der Waals surface area (Å²) in [6.07, 6.45) is 2.01. The lowest BCUT2D eigenvalue weighted by molar-refractivity contribution is 0.0696. The molecular weight excluding hydrogens is 318 g/mol. The molecule has 0 spiro atoms. The number of hydrogen-bond donors (Lipinski definition) is 1. The summed E-state index contributed by atoms with van der Waals surface area (Å²) in [6.45, 7) is 3.62. The third-order valence-corrected chi connectivity index (χ3v) is 4.50. The van der Waals surface area contributed by atoms with E-state index in [1.807, 2.05) is 0 Å². The molecule has 1 heterocycles. The minimum Gasteiger partial charge on any atom is -0.493 e. The molecule has 0 aromatic heterocycles. The molecule has 0 unspecified atom stereocenters. The zero-order valence-corrected chi connectivity index (χ0v) is 14.4. The molecule has 0 radical (unpaired) electrons. The summed E-state index contributed by atoms with van der Waals surface area (Å²) >= 11 is 0. The van der Waals surface area contributed by atoms with Crippen LogP contribution < -0.4 is 9.47 Å². The molecule has 5 heteroatoms. The molecule has 1 aliphatic heterocycles. The average molecular weight is 341 g/mol. The summed E-state index contributed by atoms with van der Waals surface area (Å²) in [7, 11) is 1.51. The molecule has 0 saturated heterocycles. The Morgan fingerprint density at radius 1 is 1.16 bits per heavy atom.